The van der Waals surface area contributed by atoms with Gasteiger partial charge in [0.05, 0.1) is 17.8 Å². The number of amides is 1. The monoisotopic (exact) mass is 272 g/mol. The minimum atomic E-state index is 0.0122. The summed E-state index contributed by atoms with van der Waals surface area (Å²) in [5.74, 6) is 0.0122. The Balaban J connectivity index is 2.05. The molecular formula is C15H20N4O. The zero-order valence-corrected chi connectivity index (χ0v) is 11.9. The summed E-state index contributed by atoms with van der Waals surface area (Å²) in [4.78, 5) is 13.6. The number of nitrogens with zero attached hydrogens (tertiary/aromatic N) is 2. The Morgan fingerprint density at radius 2 is 2.25 bits per heavy atom. The van der Waals surface area contributed by atoms with Crippen LogP contribution >= 0.6 is 0 Å². The van der Waals surface area contributed by atoms with Crippen LogP contribution in [0.5, 0.6) is 0 Å². The fourth-order valence-electron chi connectivity index (χ4n) is 2.12. The van der Waals surface area contributed by atoms with E-state index in [0.717, 1.165) is 30.6 Å². The number of rotatable bonds is 6. The summed E-state index contributed by atoms with van der Waals surface area (Å²) >= 11 is 0. The van der Waals surface area contributed by atoms with Gasteiger partial charge in [0.2, 0.25) is 5.91 Å². The molecule has 1 saturated carbocycles. The molecule has 20 heavy (non-hydrogen) atoms. The molecule has 1 aliphatic rings. The summed E-state index contributed by atoms with van der Waals surface area (Å²) in [5, 5.41) is 15.3. The van der Waals surface area contributed by atoms with E-state index in [-0.39, 0.29) is 12.5 Å². The van der Waals surface area contributed by atoms with Crippen LogP contribution in [0.2, 0.25) is 0 Å². The van der Waals surface area contributed by atoms with Crippen LogP contribution < -0.4 is 15.5 Å². The van der Waals surface area contributed by atoms with Gasteiger partial charge in [-0.25, -0.2) is 0 Å². The van der Waals surface area contributed by atoms with Crippen LogP contribution in [0.25, 0.3) is 0 Å². The largest absolute Gasteiger partial charge is 0.364 e. The Kier molecular flexibility index (Phi) is 4.59. The van der Waals surface area contributed by atoms with Gasteiger partial charge in [-0.05, 0) is 37.6 Å². The average Bonchev–Trinajstić information content (AvgIpc) is 3.22. The highest BCUT2D eigenvalue weighted by Gasteiger charge is 2.23. The molecule has 106 valence electrons. The van der Waals surface area contributed by atoms with Crippen molar-refractivity contribution in [2.24, 2.45) is 0 Å². The van der Waals surface area contributed by atoms with Gasteiger partial charge in [-0.1, -0.05) is 6.07 Å². The van der Waals surface area contributed by atoms with E-state index < -0.39 is 0 Å². The fraction of sp³-hybridized carbons (Fsp3) is 0.467. The molecule has 0 atom stereocenters. The molecule has 1 aliphatic carbocycles. The molecule has 1 aromatic rings. The second-order valence-corrected chi connectivity index (χ2v) is 5.19. The summed E-state index contributed by atoms with van der Waals surface area (Å²) in [5.41, 5.74) is 2.45. The van der Waals surface area contributed by atoms with Gasteiger partial charge in [0.25, 0.3) is 0 Å². The summed E-state index contributed by atoms with van der Waals surface area (Å²) in [6.07, 6.45) is 2.16. The third kappa shape index (κ3) is 3.72. The number of carbonyl (C=O) groups excluding carboxylic acids is 1. The van der Waals surface area contributed by atoms with Gasteiger partial charge in [-0.15, -0.1) is 0 Å². The minimum absolute atomic E-state index is 0.0122. The lowest BCUT2D eigenvalue weighted by molar-refractivity contribution is -0.119. The molecule has 0 bridgehead atoms. The molecule has 0 spiro atoms. The molecule has 5 heteroatoms. The van der Waals surface area contributed by atoms with Gasteiger partial charge in [-0.2, -0.15) is 5.26 Å². The van der Waals surface area contributed by atoms with E-state index in [1.807, 2.05) is 37.2 Å². The normalized spacial score (nSPS) is 13.7. The SMILES string of the molecule is CNCc1ccc(N(C)CC(=O)NC2CC2)c(C#N)c1. The van der Waals surface area contributed by atoms with E-state index >= 15 is 0 Å². The van der Waals surface area contributed by atoms with Crippen molar-refractivity contribution in [3.8, 4) is 6.07 Å². The second kappa shape index (κ2) is 6.40. The molecule has 1 amide bonds. The first-order valence-corrected chi connectivity index (χ1v) is 6.82. The number of benzene rings is 1. The molecule has 2 N–H and O–H groups in total. The lowest BCUT2D eigenvalue weighted by atomic mass is 10.1. The van der Waals surface area contributed by atoms with E-state index in [4.69, 9.17) is 0 Å². The maximum atomic E-state index is 11.8. The van der Waals surface area contributed by atoms with Crippen molar-refractivity contribution in [3.05, 3.63) is 29.3 Å². The molecule has 0 aliphatic heterocycles. The Bertz CT molecular complexity index is 531. The van der Waals surface area contributed by atoms with Crippen LogP contribution in [-0.4, -0.2) is 32.6 Å². The van der Waals surface area contributed by atoms with Crippen LogP contribution in [0, 0.1) is 11.3 Å². The molecule has 0 heterocycles. The molecule has 0 radical (unpaired) electrons. The second-order valence-electron chi connectivity index (χ2n) is 5.19. The van der Waals surface area contributed by atoms with Gasteiger partial charge in [0, 0.05) is 19.6 Å². The summed E-state index contributed by atoms with van der Waals surface area (Å²) < 4.78 is 0. The lowest BCUT2D eigenvalue weighted by Crippen LogP contribution is -2.36. The minimum Gasteiger partial charge on any atom is -0.364 e. The summed E-state index contributed by atoms with van der Waals surface area (Å²) in [6, 6.07) is 8.30. The topological polar surface area (TPSA) is 68.2 Å². The molecular weight excluding hydrogens is 252 g/mol. The van der Waals surface area contributed by atoms with Gasteiger partial charge in [0.1, 0.15) is 6.07 Å². The maximum Gasteiger partial charge on any atom is 0.239 e. The van der Waals surface area contributed by atoms with Gasteiger partial charge in [0.15, 0.2) is 0 Å². The van der Waals surface area contributed by atoms with Gasteiger partial charge in [-0.3, -0.25) is 4.79 Å². The molecule has 1 aromatic carbocycles. The van der Waals surface area contributed by atoms with Crippen molar-refractivity contribution >= 4 is 11.6 Å². The number of nitriles is 1. The van der Waals surface area contributed by atoms with Crippen molar-refractivity contribution in [2.45, 2.75) is 25.4 Å². The van der Waals surface area contributed by atoms with Crippen molar-refractivity contribution < 1.29 is 4.79 Å². The Morgan fingerprint density at radius 3 is 2.85 bits per heavy atom. The molecule has 0 unspecified atom stereocenters. The van der Waals surface area contributed by atoms with E-state index in [1.165, 1.54) is 0 Å². The van der Waals surface area contributed by atoms with E-state index in [2.05, 4.69) is 16.7 Å². The van der Waals surface area contributed by atoms with Crippen LogP contribution in [0.3, 0.4) is 0 Å². The summed E-state index contributed by atoms with van der Waals surface area (Å²) in [6.45, 7) is 0.997. The lowest BCUT2D eigenvalue weighted by Gasteiger charge is -2.20. The van der Waals surface area contributed by atoms with Crippen LogP contribution in [0.15, 0.2) is 18.2 Å². The summed E-state index contributed by atoms with van der Waals surface area (Å²) in [7, 11) is 3.70. The first-order valence-electron chi connectivity index (χ1n) is 6.82. The average molecular weight is 272 g/mol. The molecule has 2 rings (SSSR count). The molecule has 1 fully saturated rings. The molecule has 0 aromatic heterocycles. The quantitative estimate of drug-likeness (QED) is 0.810. The zero-order valence-electron chi connectivity index (χ0n) is 11.9. The zero-order chi connectivity index (χ0) is 14.5. The standard InChI is InChI=1S/C15H20N4O/c1-17-9-11-3-6-14(12(7-11)8-16)19(2)10-15(20)18-13-4-5-13/h3,6-7,13,17H,4-5,9-10H2,1-2H3,(H,18,20). The number of hydrogen-bond donors (Lipinski definition) is 2. The first kappa shape index (κ1) is 14.4. The maximum absolute atomic E-state index is 11.8. The van der Waals surface area contributed by atoms with Crippen molar-refractivity contribution in [2.75, 3.05) is 25.5 Å². The van der Waals surface area contributed by atoms with Crippen molar-refractivity contribution in [1.29, 1.82) is 5.26 Å². The van der Waals surface area contributed by atoms with Gasteiger partial charge < -0.3 is 15.5 Å². The van der Waals surface area contributed by atoms with Crippen molar-refractivity contribution in [1.82, 2.24) is 10.6 Å². The third-order valence-electron chi connectivity index (χ3n) is 3.30. The fourth-order valence-corrected chi connectivity index (χ4v) is 2.12. The highest BCUT2D eigenvalue weighted by atomic mass is 16.2. The van der Waals surface area contributed by atoms with Crippen LogP contribution in [0.1, 0.15) is 24.0 Å². The predicted octanol–water partition coefficient (Wildman–Crippen LogP) is 0.992. The van der Waals surface area contributed by atoms with Crippen molar-refractivity contribution in [3.63, 3.8) is 0 Å². The van der Waals surface area contributed by atoms with E-state index in [9.17, 15) is 10.1 Å². The molecule has 0 saturated heterocycles. The number of likely N-dealkylation sites (N-methyl/N-ethyl adjacent to an activating group) is 1. The third-order valence-corrected chi connectivity index (χ3v) is 3.30. The Morgan fingerprint density at radius 1 is 1.50 bits per heavy atom. The smallest absolute Gasteiger partial charge is 0.239 e. The predicted molar refractivity (Wildman–Crippen MR) is 78.4 cm³/mol. The van der Waals surface area contributed by atoms with E-state index in [1.54, 1.807) is 0 Å². The van der Waals surface area contributed by atoms with Gasteiger partial charge >= 0.3 is 0 Å². The van der Waals surface area contributed by atoms with Crippen LogP contribution in [0.4, 0.5) is 5.69 Å². The highest BCUT2D eigenvalue weighted by molar-refractivity contribution is 5.82. The van der Waals surface area contributed by atoms with E-state index in [0.29, 0.717) is 11.6 Å². The number of nitrogens with one attached hydrogen (secondary N) is 2. The highest BCUT2D eigenvalue weighted by Crippen LogP contribution is 2.21. The number of hydrogen-bond acceptors (Lipinski definition) is 4. The first-order chi connectivity index (χ1) is 9.63. The number of carbonyl (C=O) groups is 1. The Hall–Kier alpha value is -2.06. The van der Waals surface area contributed by atoms with Crippen LogP contribution in [-0.2, 0) is 11.3 Å². The number of anilines is 1. The molecule has 5 nitrogen and oxygen atoms in total. The Labute approximate surface area is 119 Å².